The second kappa shape index (κ2) is 5.81. The Morgan fingerprint density at radius 1 is 1.12 bits per heavy atom. The zero-order valence-electron chi connectivity index (χ0n) is 14.7. The molecule has 4 heterocycles. The number of likely N-dealkylation sites (N-methyl/N-ethyl adjacent to an activating group) is 1. The molecule has 1 amide bonds. The number of piperidine rings is 1. The first-order valence-electron chi connectivity index (χ1n) is 8.70. The summed E-state index contributed by atoms with van der Waals surface area (Å²) in [6.45, 7) is 2.98. The minimum Gasteiger partial charge on any atom is -0.497 e. The number of ether oxygens (including phenoxy) is 1. The standard InChI is InChI=1S/C19H25N3O2/c1-20-10-13-4-5-15(12-20)22(11-13)19(23)18-9-14-8-16(24-3)6-7-17(14)21(18)2/h6-9,13,15H,4-5,10-12H2,1-3H3/t13-,15+/m1/s1. The maximum Gasteiger partial charge on any atom is 0.270 e. The molecule has 3 aliphatic rings. The van der Waals surface area contributed by atoms with Gasteiger partial charge in [-0.15, -0.1) is 0 Å². The van der Waals surface area contributed by atoms with Crippen LogP contribution in [0.3, 0.4) is 0 Å². The molecule has 24 heavy (non-hydrogen) atoms. The Labute approximate surface area is 142 Å². The van der Waals surface area contributed by atoms with Crippen LogP contribution in [0.2, 0.25) is 0 Å². The number of aryl methyl sites for hydroxylation is 1. The van der Waals surface area contributed by atoms with E-state index in [4.69, 9.17) is 4.74 Å². The molecule has 2 bridgehead atoms. The zero-order chi connectivity index (χ0) is 16.8. The van der Waals surface area contributed by atoms with Gasteiger partial charge in [0.1, 0.15) is 11.4 Å². The first-order valence-corrected chi connectivity index (χ1v) is 8.70. The van der Waals surface area contributed by atoms with E-state index in [1.54, 1.807) is 7.11 Å². The van der Waals surface area contributed by atoms with Crippen LogP contribution in [0, 0.1) is 5.92 Å². The summed E-state index contributed by atoms with van der Waals surface area (Å²) >= 11 is 0. The highest BCUT2D eigenvalue weighted by Crippen LogP contribution is 2.30. The van der Waals surface area contributed by atoms with Crippen molar-refractivity contribution in [3.05, 3.63) is 30.0 Å². The fraction of sp³-hybridized carbons (Fsp3) is 0.526. The van der Waals surface area contributed by atoms with E-state index in [0.717, 1.165) is 48.4 Å². The lowest BCUT2D eigenvalue weighted by atomic mass is 9.94. The van der Waals surface area contributed by atoms with Gasteiger partial charge >= 0.3 is 0 Å². The van der Waals surface area contributed by atoms with Gasteiger partial charge in [-0.25, -0.2) is 0 Å². The molecule has 5 heteroatoms. The second-order valence-corrected chi connectivity index (χ2v) is 7.29. The summed E-state index contributed by atoms with van der Waals surface area (Å²) in [6.07, 6.45) is 2.36. The van der Waals surface area contributed by atoms with Crippen LogP contribution in [0.5, 0.6) is 5.75 Å². The van der Waals surface area contributed by atoms with Crippen LogP contribution in [0.25, 0.3) is 10.9 Å². The van der Waals surface area contributed by atoms with Crippen LogP contribution in [-0.4, -0.2) is 60.1 Å². The quantitative estimate of drug-likeness (QED) is 0.850. The number of amides is 1. The zero-order valence-corrected chi connectivity index (χ0v) is 14.7. The number of benzene rings is 1. The van der Waals surface area contributed by atoms with E-state index in [2.05, 4.69) is 16.8 Å². The van der Waals surface area contributed by atoms with E-state index in [-0.39, 0.29) is 5.91 Å². The first kappa shape index (κ1) is 15.5. The Balaban J connectivity index is 1.69. The number of rotatable bonds is 2. The van der Waals surface area contributed by atoms with E-state index >= 15 is 0 Å². The van der Waals surface area contributed by atoms with E-state index < -0.39 is 0 Å². The van der Waals surface area contributed by atoms with Crippen LogP contribution < -0.4 is 4.74 Å². The molecule has 0 radical (unpaired) electrons. The summed E-state index contributed by atoms with van der Waals surface area (Å²) in [5.74, 6) is 1.59. The van der Waals surface area contributed by atoms with Crippen molar-refractivity contribution in [2.75, 3.05) is 33.8 Å². The lowest BCUT2D eigenvalue weighted by Gasteiger charge is -2.36. The Bertz CT molecular complexity index is 782. The number of methoxy groups -OCH3 is 1. The van der Waals surface area contributed by atoms with Gasteiger partial charge in [0, 0.05) is 43.6 Å². The average molecular weight is 327 g/mol. The van der Waals surface area contributed by atoms with Crippen molar-refractivity contribution >= 4 is 16.8 Å². The van der Waals surface area contributed by atoms with Crippen molar-refractivity contribution < 1.29 is 9.53 Å². The molecular formula is C19H25N3O2. The summed E-state index contributed by atoms with van der Waals surface area (Å²) in [5.41, 5.74) is 1.84. The molecular weight excluding hydrogens is 302 g/mol. The molecule has 2 aromatic rings. The Morgan fingerprint density at radius 2 is 1.96 bits per heavy atom. The molecule has 5 nitrogen and oxygen atoms in total. The lowest BCUT2D eigenvalue weighted by molar-refractivity contribution is 0.0577. The van der Waals surface area contributed by atoms with Gasteiger partial charge in [0.25, 0.3) is 5.91 Å². The molecule has 128 valence electrons. The minimum absolute atomic E-state index is 0.165. The topological polar surface area (TPSA) is 37.7 Å². The molecule has 0 N–H and O–H groups in total. The number of aromatic nitrogens is 1. The summed E-state index contributed by atoms with van der Waals surface area (Å²) in [7, 11) is 5.81. The molecule has 0 unspecified atom stereocenters. The Morgan fingerprint density at radius 3 is 2.75 bits per heavy atom. The van der Waals surface area contributed by atoms with E-state index in [1.165, 1.54) is 6.42 Å². The third kappa shape index (κ3) is 2.47. The van der Waals surface area contributed by atoms with E-state index in [0.29, 0.717) is 12.0 Å². The second-order valence-electron chi connectivity index (χ2n) is 7.29. The number of hydrogen-bond acceptors (Lipinski definition) is 3. The number of nitrogens with zero attached hydrogens (tertiary/aromatic N) is 3. The molecule has 1 aromatic heterocycles. The molecule has 1 aromatic carbocycles. The van der Waals surface area contributed by atoms with E-state index in [1.807, 2.05) is 35.9 Å². The van der Waals surface area contributed by atoms with Gasteiger partial charge in [-0.1, -0.05) is 0 Å². The van der Waals surface area contributed by atoms with Crippen LogP contribution in [0.1, 0.15) is 23.3 Å². The fourth-order valence-electron chi connectivity index (χ4n) is 4.37. The van der Waals surface area contributed by atoms with Gasteiger partial charge in [0.15, 0.2) is 0 Å². The van der Waals surface area contributed by atoms with Gasteiger partial charge in [0.05, 0.1) is 7.11 Å². The van der Waals surface area contributed by atoms with E-state index in [9.17, 15) is 4.79 Å². The van der Waals surface area contributed by atoms with Gasteiger partial charge in [-0.3, -0.25) is 4.79 Å². The average Bonchev–Trinajstić information content (AvgIpc) is 2.71. The minimum atomic E-state index is 0.165. The lowest BCUT2D eigenvalue weighted by Crippen LogP contribution is -2.47. The number of carbonyl (C=O) groups excluding carboxylic acids is 1. The normalized spacial score (nSPS) is 24.4. The summed E-state index contributed by atoms with van der Waals surface area (Å²) < 4.78 is 7.32. The molecule has 3 saturated heterocycles. The number of carbonyl (C=O) groups is 1. The third-order valence-electron chi connectivity index (χ3n) is 5.63. The molecule has 5 rings (SSSR count). The Hall–Kier alpha value is -2.01. The van der Waals surface area contributed by atoms with Crippen molar-refractivity contribution in [1.29, 1.82) is 0 Å². The maximum absolute atomic E-state index is 13.2. The van der Waals surface area contributed by atoms with Crippen molar-refractivity contribution in [3.63, 3.8) is 0 Å². The van der Waals surface area contributed by atoms with Crippen LogP contribution in [-0.2, 0) is 7.05 Å². The third-order valence-corrected chi connectivity index (χ3v) is 5.63. The van der Waals surface area contributed by atoms with Crippen molar-refractivity contribution in [3.8, 4) is 5.75 Å². The fourth-order valence-corrected chi connectivity index (χ4v) is 4.37. The van der Waals surface area contributed by atoms with Crippen molar-refractivity contribution in [2.45, 2.75) is 18.9 Å². The molecule has 0 saturated carbocycles. The monoisotopic (exact) mass is 327 g/mol. The van der Waals surface area contributed by atoms with Gasteiger partial charge < -0.3 is 19.1 Å². The Kier molecular flexibility index (Phi) is 3.76. The van der Waals surface area contributed by atoms with Crippen molar-refractivity contribution in [2.24, 2.45) is 13.0 Å². The van der Waals surface area contributed by atoms with Crippen LogP contribution in [0.4, 0.5) is 0 Å². The maximum atomic E-state index is 13.2. The molecule has 0 spiro atoms. The van der Waals surface area contributed by atoms with Gasteiger partial charge in [-0.2, -0.15) is 0 Å². The highest BCUT2D eigenvalue weighted by molar-refractivity contribution is 5.99. The molecule has 3 fully saturated rings. The van der Waals surface area contributed by atoms with Crippen molar-refractivity contribution in [1.82, 2.24) is 14.4 Å². The predicted molar refractivity (Wildman–Crippen MR) is 94.5 cm³/mol. The molecule has 0 aliphatic carbocycles. The van der Waals surface area contributed by atoms with Crippen LogP contribution >= 0.6 is 0 Å². The summed E-state index contributed by atoms with van der Waals surface area (Å²) in [4.78, 5) is 17.7. The van der Waals surface area contributed by atoms with Gasteiger partial charge in [0.2, 0.25) is 0 Å². The highest BCUT2D eigenvalue weighted by Gasteiger charge is 2.37. The molecule has 3 aliphatic heterocycles. The highest BCUT2D eigenvalue weighted by atomic mass is 16.5. The predicted octanol–water partition coefficient (Wildman–Crippen LogP) is 2.35. The number of hydrogen-bond donors (Lipinski definition) is 0. The molecule has 2 atom stereocenters. The largest absolute Gasteiger partial charge is 0.497 e. The first-order chi connectivity index (χ1) is 11.6. The smallest absolute Gasteiger partial charge is 0.270 e. The van der Waals surface area contributed by atoms with Gasteiger partial charge in [-0.05, 0) is 50.1 Å². The summed E-state index contributed by atoms with van der Waals surface area (Å²) in [6, 6.07) is 8.30. The SMILES string of the molecule is COc1ccc2c(c1)cc(C(=O)N1C[C@@H]3CC[C@H]1CN(C)C3)n2C. The van der Waals surface area contributed by atoms with Crippen LogP contribution in [0.15, 0.2) is 24.3 Å². The number of fused-ring (bicyclic) bond motifs is 5. The summed E-state index contributed by atoms with van der Waals surface area (Å²) in [5, 5.41) is 1.05.